The lowest BCUT2D eigenvalue weighted by Crippen LogP contribution is -2.27. The summed E-state index contributed by atoms with van der Waals surface area (Å²) >= 11 is 0. The Bertz CT molecular complexity index is 424. The maximum atomic E-state index is 12.2. The molecule has 0 unspecified atom stereocenters. The highest BCUT2D eigenvalue weighted by molar-refractivity contribution is 5.99. The van der Waals surface area contributed by atoms with Gasteiger partial charge in [-0.05, 0) is 26.3 Å². The van der Waals surface area contributed by atoms with Crippen molar-refractivity contribution in [1.29, 1.82) is 0 Å². The van der Waals surface area contributed by atoms with E-state index in [1.54, 1.807) is 0 Å². The number of aromatic nitrogens is 1. The monoisotopic (exact) mass is 261 g/mol. The summed E-state index contributed by atoms with van der Waals surface area (Å²) in [5.41, 5.74) is -0.952. The molecule has 0 aliphatic carbocycles. The number of nitrogens with zero attached hydrogens (tertiary/aromatic N) is 1. The number of hydrogen-bond acceptors (Lipinski definition) is 3. The van der Waals surface area contributed by atoms with E-state index in [9.17, 15) is 18.0 Å². The van der Waals surface area contributed by atoms with E-state index in [4.69, 9.17) is 4.74 Å². The third-order valence-electron chi connectivity index (χ3n) is 2.49. The summed E-state index contributed by atoms with van der Waals surface area (Å²) in [4.78, 5) is 14.6. The van der Waals surface area contributed by atoms with Crippen LogP contribution in [0.15, 0.2) is 18.3 Å². The van der Waals surface area contributed by atoms with E-state index in [0.29, 0.717) is 0 Å². The van der Waals surface area contributed by atoms with Crippen LogP contribution in [-0.4, -0.2) is 22.5 Å². The molecule has 18 heavy (non-hydrogen) atoms. The molecule has 100 valence electrons. The number of pyridine rings is 1. The molecule has 1 heterocycles. The zero-order valence-electron chi connectivity index (χ0n) is 10.3. The van der Waals surface area contributed by atoms with Crippen LogP contribution in [0.2, 0.25) is 0 Å². The molecule has 1 aromatic heterocycles. The molecule has 3 nitrogen and oxygen atoms in total. The molecule has 0 bridgehead atoms. The maximum Gasteiger partial charge on any atom is 0.454 e. The predicted molar refractivity (Wildman–Crippen MR) is 59.6 cm³/mol. The number of ether oxygens (including phenoxy) is 1. The molecule has 0 saturated carbocycles. The summed E-state index contributed by atoms with van der Waals surface area (Å²) in [6, 6.07) is 2.32. The van der Waals surface area contributed by atoms with Crippen LogP contribution in [0.4, 0.5) is 13.2 Å². The summed E-state index contributed by atoms with van der Waals surface area (Å²) in [7, 11) is 0. The van der Waals surface area contributed by atoms with Crippen molar-refractivity contribution in [1.82, 2.24) is 4.98 Å². The summed E-state index contributed by atoms with van der Waals surface area (Å²) in [5.74, 6) is -1.71. The normalized spacial score (nSPS) is 12.3. The topological polar surface area (TPSA) is 39.2 Å². The molecule has 0 spiro atoms. The molecule has 0 aromatic carbocycles. The number of alkyl halides is 3. The number of halogens is 3. The summed E-state index contributed by atoms with van der Waals surface area (Å²) in [5, 5.41) is 0. The van der Waals surface area contributed by atoms with Crippen molar-refractivity contribution in [3.8, 4) is 5.88 Å². The van der Waals surface area contributed by atoms with Crippen LogP contribution in [0, 0.1) is 0 Å². The van der Waals surface area contributed by atoms with Crippen LogP contribution < -0.4 is 4.74 Å². The fraction of sp³-hybridized carbons (Fsp3) is 0.500. The highest BCUT2D eigenvalue weighted by atomic mass is 19.4. The van der Waals surface area contributed by atoms with Crippen LogP contribution in [0.1, 0.15) is 37.6 Å². The zero-order valence-corrected chi connectivity index (χ0v) is 10.3. The van der Waals surface area contributed by atoms with Crippen LogP contribution in [0.5, 0.6) is 5.88 Å². The van der Waals surface area contributed by atoms with Gasteiger partial charge in [0.25, 0.3) is 5.78 Å². The van der Waals surface area contributed by atoms with E-state index >= 15 is 0 Å². The van der Waals surface area contributed by atoms with Crippen molar-refractivity contribution < 1.29 is 22.7 Å². The predicted octanol–water partition coefficient (Wildman–Crippen LogP) is 3.39. The van der Waals surface area contributed by atoms with Gasteiger partial charge in [-0.15, -0.1) is 0 Å². The van der Waals surface area contributed by atoms with Gasteiger partial charge in [0.15, 0.2) is 0 Å². The van der Waals surface area contributed by atoms with Gasteiger partial charge in [0.05, 0.1) is 0 Å². The maximum absolute atomic E-state index is 12.2. The lowest BCUT2D eigenvalue weighted by molar-refractivity contribution is -0.0885. The Morgan fingerprint density at radius 2 is 1.94 bits per heavy atom. The molecule has 0 amide bonds. The second kappa shape index (κ2) is 4.96. The molecule has 1 rings (SSSR count). The molecule has 0 aliphatic heterocycles. The summed E-state index contributed by atoms with van der Waals surface area (Å²) in [6.45, 7) is 5.59. The first-order chi connectivity index (χ1) is 8.15. The van der Waals surface area contributed by atoms with Crippen molar-refractivity contribution in [3.05, 3.63) is 23.9 Å². The Kier molecular flexibility index (Phi) is 3.98. The van der Waals surface area contributed by atoms with E-state index in [1.807, 2.05) is 20.8 Å². The standard InChI is InChI=1S/C12H14F3NO2/c1-4-11(2,3)18-9-6-5-8(7-16-9)10(17)12(13,14)15/h5-7H,4H2,1-3H3. The Hall–Kier alpha value is -1.59. The van der Waals surface area contributed by atoms with Gasteiger partial charge in [-0.1, -0.05) is 6.92 Å². The van der Waals surface area contributed by atoms with Gasteiger partial charge in [-0.3, -0.25) is 4.79 Å². The van der Waals surface area contributed by atoms with Crippen molar-refractivity contribution in [3.63, 3.8) is 0 Å². The van der Waals surface area contributed by atoms with Gasteiger partial charge in [0, 0.05) is 17.8 Å². The quantitative estimate of drug-likeness (QED) is 0.780. The van der Waals surface area contributed by atoms with Crippen molar-refractivity contribution >= 4 is 5.78 Å². The molecule has 0 radical (unpaired) electrons. The van der Waals surface area contributed by atoms with Gasteiger partial charge in [0.1, 0.15) is 5.60 Å². The van der Waals surface area contributed by atoms with Crippen LogP contribution in [0.3, 0.4) is 0 Å². The van der Waals surface area contributed by atoms with E-state index in [-0.39, 0.29) is 5.88 Å². The molecular formula is C12H14F3NO2. The van der Waals surface area contributed by atoms with Crippen LogP contribution in [0.25, 0.3) is 0 Å². The molecule has 6 heteroatoms. The first kappa shape index (κ1) is 14.5. The smallest absolute Gasteiger partial charge is 0.454 e. The van der Waals surface area contributed by atoms with Crippen molar-refractivity contribution in [2.45, 2.75) is 39.0 Å². The van der Waals surface area contributed by atoms with Gasteiger partial charge in [-0.25, -0.2) is 4.98 Å². The first-order valence-corrected chi connectivity index (χ1v) is 5.42. The zero-order chi connectivity index (χ0) is 14.0. The van der Waals surface area contributed by atoms with Crippen molar-refractivity contribution in [2.75, 3.05) is 0 Å². The Morgan fingerprint density at radius 1 is 1.33 bits per heavy atom. The average Bonchev–Trinajstić information content (AvgIpc) is 2.27. The third-order valence-corrected chi connectivity index (χ3v) is 2.49. The molecule has 0 atom stereocenters. The minimum absolute atomic E-state index is 0.195. The Morgan fingerprint density at radius 3 is 2.33 bits per heavy atom. The van der Waals surface area contributed by atoms with Crippen molar-refractivity contribution in [2.24, 2.45) is 0 Å². The molecule has 0 N–H and O–H groups in total. The summed E-state index contributed by atoms with van der Waals surface area (Å²) < 4.78 is 41.9. The first-order valence-electron chi connectivity index (χ1n) is 5.42. The SMILES string of the molecule is CCC(C)(C)Oc1ccc(C(=O)C(F)(F)F)cn1. The highest BCUT2D eigenvalue weighted by Gasteiger charge is 2.39. The van der Waals surface area contributed by atoms with Gasteiger partial charge < -0.3 is 4.74 Å². The second-order valence-corrected chi connectivity index (χ2v) is 4.43. The minimum Gasteiger partial charge on any atom is -0.472 e. The van der Waals surface area contributed by atoms with Crippen LogP contribution >= 0.6 is 0 Å². The largest absolute Gasteiger partial charge is 0.472 e. The number of Topliss-reactive ketones (excluding diaryl/α,β-unsaturated/α-hetero) is 1. The van der Waals surface area contributed by atoms with E-state index in [1.165, 1.54) is 6.07 Å². The number of ketones is 1. The Balaban J connectivity index is 2.84. The van der Waals surface area contributed by atoms with E-state index in [0.717, 1.165) is 18.7 Å². The summed E-state index contributed by atoms with van der Waals surface area (Å²) in [6.07, 6.45) is -3.29. The molecule has 0 aliphatic rings. The lowest BCUT2D eigenvalue weighted by atomic mass is 10.1. The lowest BCUT2D eigenvalue weighted by Gasteiger charge is -2.23. The number of hydrogen-bond donors (Lipinski definition) is 0. The second-order valence-electron chi connectivity index (χ2n) is 4.43. The highest BCUT2D eigenvalue weighted by Crippen LogP contribution is 2.23. The molecule has 0 saturated heterocycles. The number of carbonyl (C=O) groups excluding carboxylic acids is 1. The fourth-order valence-corrected chi connectivity index (χ4v) is 1.09. The Labute approximate surface area is 103 Å². The third kappa shape index (κ3) is 3.72. The fourth-order valence-electron chi connectivity index (χ4n) is 1.09. The van der Waals surface area contributed by atoms with E-state index < -0.39 is 23.1 Å². The van der Waals surface area contributed by atoms with Crippen LogP contribution in [-0.2, 0) is 0 Å². The van der Waals surface area contributed by atoms with E-state index in [2.05, 4.69) is 4.98 Å². The average molecular weight is 261 g/mol. The minimum atomic E-state index is -4.88. The van der Waals surface area contributed by atoms with Gasteiger partial charge in [-0.2, -0.15) is 13.2 Å². The van der Waals surface area contributed by atoms with Gasteiger partial charge in [0.2, 0.25) is 5.88 Å². The molecule has 0 fully saturated rings. The molecular weight excluding hydrogens is 247 g/mol. The molecule has 1 aromatic rings. The number of carbonyl (C=O) groups is 1. The number of rotatable bonds is 4. The van der Waals surface area contributed by atoms with Gasteiger partial charge >= 0.3 is 6.18 Å².